The number of amides is 1. The van der Waals surface area contributed by atoms with E-state index < -0.39 is 5.97 Å². The summed E-state index contributed by atoms with van der Waals surface area (Å²) in [5.74, 6) is 0.918. The summed E-state index contributed by atoms with van der Waals surface area (Å²) in [5.41, 5.74) is 4.52. The van der Waals surface area contributed by atoms with Crippen LogP contribution in [0.3, 0.4) is 0 Å². The second-order valence-corrected chi connectivity index (χ2v) is 6.76. The maximum Gasteiger partial charge on any atom is 0.343 e. The van der Waals surface area contributed by atoms with E-state index in [0.717, 1.165) is 11.1 Å². The van der Waals surface area contributed by atoms with Crippen molar-refractivity contribution in [3.05, 3.63) is 89.5 Å². The third-order valence-corrected chi connectivity index (χ3v) is 4.35. The quantitative estimate of drug-likeness (QED) is 0.238. The molecule has 0 aliphatic heterocycles. The number of esters is 1. The van der Waals surface area contributed by atoms with Gasteiger partial charge in [-0.25, -0.2) is 10.2 Å². The molecule has 3 rings (SSSR count). The maximum absolute atomic E-state index is 12.3. The van der Waals surface area contributed by atoms with Crippen molar-refractivity contribution in [3.8, 4) is 17.2 Å². The van der Waals surface area contributed by atoms with Gasteiger partial charge in [0.1, 0.15) is 17.2 Å². The third-order valence-electron chi connectivity index (χ3n) is 4.35. The van der Waals surface area contributed by atoms with Crippen LogP contribution in [-0.2, 0) is 4.79 Å². The minimum atomic E-state index is -0.463. The van der Waals surface area contributed by atoms with Crippen molar-refractivity contribution in [1.82, 2.24) is 5.43 Å². The molecular formula is C25H24N2O5. The number of aryl methyl sites for hydroxylation is 1. The molecule has 0 radical (unpaired) electrons. The molecule has 0 aromatic heterocycles. The highest BCUT2D eigenvalue weighted by atomic mass is 16.5. The zero-order valence-electron chi connectivity index (χ0n) is 17.9. The smallest absolute Gasteiger partial charge is 0.343 e. The zero-order valence-corrected chi connectivity index (χ0v) is 17.9. The van der Waals surface area contributed by atoms with Crippen LogP contribution in [0.5, 0.6) is 17.2 Å². The third kappa shape index (κ3) is 6.70. The monoisotopic (exact) mass is 432 g/mol. The molecule has 164 valence electrons. The number of nitrogens with one attached hydrogen (secondary N) is 1. The molecule has 0 fully saturated rings. The maximum atomic E-state index is 12.3. The fourth-order valence-corrected chi connectivity index (χ4v) is 2.71. The predicted molar refractivity (Wildman–Crippen MR) is 121 cm³/mol. The Morgan fingerprint density at radius 3 is 2.28 bits per heavy atom. The van der Waals surface area contributed by atoms with Gasteiger partial charge < -0.3 is 14.2 Å². The van der Waals surface area contributed by atoms with Crippen molar-refractivity contribution in [2.45, 2.75) is 13.8 Å². The van der Waals surface area contributed by atoms with Crippen LogP contribution in [0.4, 0.5) is 0 Å². The van der Waals surface area contributed by atoms with Crippen LogP contribution in [0.1, 0.15) is 28.4 Å². The Kier molecular flexibility index (Phi) is 7.97. The SMILES string of the molecule is CCOc1ccc(C(=O)Oc2ccc(/C=N\NC(=O)COc3ccccc3C)cc2)cc1. The molecule has 0 aliphatic rings. The average molecular weight is 432 g/mol. The molecule has 32 heavy (non-hydrogen) atoms. The Balaban J connectivity index is 1.46. The molecular weight excluding hydrogens is 408 g/mol. The summed E-state index contributed by atoms with van der Waals surface area (Å²) in [6.07, 6.45) is 1.49. The highest BCUT2D eigenvalue weighted by Gasteiger charge is 2.09. The van der Waals surface area contributed by atoms with Crippen molar-refractivity contribution in [1.29, 1.82) is 0 Å². The Morgan fingerprint density at radius 1 is 0.906 bits per heavy atom. The lowest BCUT2D eigenvalue weighted by Gasteiger charge is -2.07. The summed E-state index contributed by atoms with van der Waals surface area (Å²) in [4.78, 5) is 24.1. The minimum Gasteiger partial charge on any atom is -0.494 e. The molecule has 0 saturated carbocycles. The first-order chi connectivity index (χ1) is 15.5. The van der Waals surface area contributed by atoms with Gasteiger partial charge in [-0.1, -0.05) is 18.2 Å². The van der Waals surface area contributed by atoms with E-state index in [-0.39, 0.29) is 12.5 Å². The van der Waals surface area contributed by atoms with E-state index >= 15 is 0 Å². The van der Waals surface area contributed by atoms with E-state index in [2.05, 4.69) is 10.5 Å². The van der Waals surface area contributed by atoms with Gasteiger partial charge in [-0.05, 0) is 79.6 Å². The molecule has 0 heterocycles. The van der Waals surface area contributed by atoms with Crippen molar-refractivity contribution in [2.24, 2.45) is 5.10 Å². The van der Waals surface area contributed by atoms with Gasteiger partial charge in [0.2, 0.25) is 0 Å². The van der Waals surface area contributed by atoms with Crippen LogP contribution in [0, 0.1) is 6.92 Å². The van der Waals surface area contributed by atoms with Crippen LogP contribution in [0.25, 0.3) is 0 Å². The zero-order chi connectivity index (χ0) is 22.8. The lowest BCUT2D eigenvalue weighted by Crippen LogP contribution is -2.24. The van der Waals surface area contributed by atoms with E-state index in [0.29, 0.717) is 29.4 Å². The minimum absolute atomic E-state index is 0.136. The number of hydrazone groups is 1. The molecule has 0 spiro atoms. The van der Waals surface area contributed by atoms with Crippen LogP contribution in [0.2, 0.25) is 0 Å². The highest BCUT2D eigenvalue weighted by Crippen LogP contribution is 2.17. The molecule has 3 aromatic carbocycles. The summed E-state index contributed by atoms with van der Waals surface area (Å²) in [5, 5.41) is 3.91. The summed E-state index contributed by atoms with van der Waals surface area (Å²) in [6.45, 7) is 4.23. The standard InChI is InChI=1S/C25H24N2O5/c1-3-30-21-14-10-20(11-15-21)25(29)32-22-12-8-19(9-13-22)16-26-27-24(28)17-31-23-7-5-4-6-18(23)2/h4-16H,3,17H2,1-2H3,(H,27,28)/b26-16-. The van der Waals surface area contributed by atoms with Crippen LogP contribution >= 0.6 is 0 Å². The van der Waals surface area contributed by atoms with E-state index in [9.17, 15) is 9.59 Å². The first-order valence-electron chi connectivity index (χ1n) is 10.1. The van der Waals surface area contributed by atoms with Gasteiger partial charge in [-0.3, -0.25) is 4.79 Å². The molecule has 0 unspecified atom stereocenters. The summed E-state index contributed by atoms with van der Waals surface area (Å²) in [6, 6.07) is 20.9. The Labute approximate surface area is 186 Å². The second kappa shape index (κ2) is 11.3. The Hall–Kier alpha value is -4.13. The molecule has 3 aromatic rings. The Morgan fingerprint density at radius 2 is 1.59 bits per heavy atom. The summed E-state index contributed by atoms with van der Waals surface area (Å²) >= 11 is 0. The van der Waals surface area contributed by atoms with Crippen LogP contribution < -0.4 is 19.6 Å². The number of rotatable bonds is 9. The highest BCUT2D eigenvalue weighted by molar-refractivity contribution is 5.91. The van der Waals surface area contributed by atoms with Crippen LogP contribution in [-0.4, -0.2) is 31.3 Å². The molecule has 7 nitrogen and oxygen atoms in total. The van der Waals surface area contributed by atoms with Crippen molar-refractivity contribution in [3.63, 3.8) is 0 Å². The molecule has 7 heteroatoms. The number of carbonyl (C=O) groups excluding carboxylic acids is 2. The lowest BCUT2D eigenvalue weighted by molar-refractivity contribution is -0.123. The first-order valence-corrected chi connectivity index (χ1v) is 10.1. The van der Waals surface area contributed by atoms with Gasteiger partial charge in [0.05, 0.1) is 18.4 Å². The Bertz CT molecular complexity index is 1080. The normalized spacial score (nSPS) is 10.6. The summed E-state index contributed by atoms with van der Waals surface area (Å²) < 4.78 is 16.2. The molecule has 0 saturated heterocycles. The van der Waals surface area contributed by atoms with Gasteiger partial charge in [-0.2, -0.15) is 5.10 Å². The van der Waals surface area contributed by atoms with Crippen molar-refractivity contribution < 1.29 is 23.8 Å². The fraction of sp³-hybridized carbons (Fsp3) is 0.160. The fourth-order valence-electron chi connectivity index (χ4n) is 2.71. The van der Waals surface area contributed by atoms with Gasteiger partial charge >= 0.3 is 5.97 Å². The summed E-state index contributed by atoms with van der Waals surface area (Å²) in [7, 11) is 0. The molecule has 0 aliphatic carbocycles. The van der Waals surface area contributed by atoms with Crippen molar-refractivity contribution in [2.75, 3.05) is 13.2 Å². The topological polar surface area (TPSA) is 86.2 Å². The van der Waals surface area contributed by atoms with E-state index in [1.54, 1.807) is 54.6 Å². The van der Waals surface area contributed by atoms with E-state index in [1.165, 1.54) is 6.21 Å². The number of nitrogens with zero attached hydrogens (tertiary/aromatic N) is 1. The van der Waals surface area contributed by atoms with Crippen molar-refractivity contribution >= 4 is 18.1 Å². The average Bonchev–Trinajstić information content (AvgIpc) is 2.80. The molecule has 0 atom stereocenters. The first kappa shape index (κ1) is 22.6. The molecule has 1 amide bonds. The largest absolute Gasteiger partial charge is 0.494 e. The molecule has 1 N–H and O–H groups in total. The van der Waals surface area contributed by atoms with E-state index in [4.69, 9.17) is 14.2 Å². The number of para-hydroxylation sites is 1. The number of hydrogen-bond acceptors (Lipinski definition) is 6. The van der Waals surface area contributed by atoms with Crippen LogP contribution in [0.15, 0.2) is 77.9 Å². The van der Waals surface area contributed by atoms with E-state index in [1.807, 2.05) is 32.0 Å². The van der Waals surface area contributed by atoms with Gasteiger partial charge in [0.25, 0.3) is 5.91 Å². The lowest BCUT2D eigenvalue weighted by atomic mass is 10.2. The number of benzene rings is 3. The van der Waals surface area contributed by atoms with Gasteiger partial charge in [0, 0.05) is 0 Å². The second-order valence-electron chi connectivity index (χ2n) is 6.76. The number of ether oxygens (including phenoxy) is 3. The van der Waals surface area contributed by atoms with Gasteiger partial charge in [-0.15, -0.1) is 0 Å². The number of hydrogen-bond donors (Lipinski definition) is 1. The van der Waals surface area contributed by atoms with Gasteiger partial charge in [0.15, 0.2) is 6.61 Å². The number of carbonyl (C=O) groups is 2. The predicted octanol–water partition coefficient (Wildman–Crippen LogP) is 4.14. The molecule has 0 bridgehead atoms.